The second-order valence-corrected chi connectivity index (χ2v) is 6.18. The molecule has 0 aliphatic carbocycles. The number of rotatable bonds is 5. The average molecular weight is 280 g/mol. The number of ether oxygens (including phenoxy) is 2. The minimum atomic E-state index is -3.54. The first-order valence-corrected chi connectivity index (χ1v) is 7.17. The Hall–Kier alpha value is -0.700. The summed E-state index contributed by atoms with van der Waals surface area (Å²) in [5.41, 5.74) is 0. The molecular formula is C10H20N2O5S. The molecule has 0 aromatic heterocycles. The van der Waals surface area contributed by atoms with E-state index < -0.39 is 16.2 Å². The zero-order chi connectivity index (χ0) is 13.8. The molecule has 1 aliphatic rings. The number of hydrogen-bond acceptors (Lipinski definition) is 5. The summed E-state index contributed by atoms with van der Waals surface area (Å²) in [6, 6.07) is -0.190. The maximum atomic E-state index is 12.2. The Bertz CT molecular complexity index is 384. The van der Waals surface area contributed by atoms with E-state index in [-0.39, 0.29) is 19.0 Å². The number of hydrogen-bond donors (Lipinski definition) is 0. The Labute approximate surface area is 108 Å². The Morgan fingerprint density at radius 3 is 2.78 bits per heavy atom. The van der Waals surface area contributed by atoms with Gasteiger partial charge in [-0.25, -0.2) is 0 Å². The van der Waals surface area contributed by atoms with E-state index in [4.69, 9.17) is 4.74 Å². The molecule has 1 aliphatic heterocycles. The van der Waals surface area contributed by atoms with Gasteiger partial charge in [0, 0.05) is 26.2 Å². The van der Waals surface area contributed by atoms with Gasteiger partial charge in [-0.15, -0.1) is 0 Å². The lowest BCUT2D eigenvalue weighted by Crippen LogP contribution is -2.52. The van der Waals surface area contributed by atoms with Crippen molar-refractivity contribution < 1.29 is 22.7 Å². The van der Waals surface area contributed by atoms with Crippen molar-refractivity contribution in [3.8, 4) is 0 Å². The van der Waals surface area contributed by atoms with Crippen molar-refractivity contribution >= 4 is 16.2 Å². The number of carbonyl (C=O) groups excluding carboxylic acids is 1. The van der Waals surface area contributed by atoms with E-state index in [0.29, 0.717) is 19.8 Å². The monoisotopic (exact) mass is 280 g/mol. The molecular weight excluding hydrogens is 260 g/mol. The highest BCUT2D eigenvalue weighted by Crippen LogP contribution is 2.15. The Kier molecular flexibility index (Phi) is 5.51. The molecule has 0 saturated carbocycles. The van der Waals surface area contributed by atoms with E-state index in [1.54, 1.807) is 6.92 Å². The Balaban J connectivity index is 2.64. The second kappa shape index (κ2) is 6.46. The lowest BCUT2D eigenvalue weighted by molar-refractivity contribution is -0.140. The summed E-state index contributed by atoms with van der Waals surface area (Å²) in [6.45, 7) is 3.04. The lowest BCUT2D eigenvalue weighted by atomic mass is 10.3. The molecule has 1 atom stereocenters. The predicted molar refractivity (Wildman–Crippen MR) is 65.2 cm³/mol. The van der Waals surface area contributed by atoms with Gasteiger partial charge in [-0.05, 0) is 6.92 Å². The van der Waals surface area contributed by atoms with Gasteiger partial charge in [0.2, 0.25) is 0 Å². The summed E-state index contributed by atoms with van der Waals surface area (Å²) >= 11 is 0. The fourth-order valence-corrected chi connectivity index (χ4v) is 3.20. The molecule has 1 heterocycles. The van der Waals surface area contributed by atoms with Crippen molar-refractivity contribution in [2.75, 3.05) is 40.5 Å². The van der Waals surface area contributed by atoms with Crippen LogP contribution in [0.3, 0.4) is 0 Å². The van der Waals surface area contributed by atoms with Crippen molar-refractivity contribution in [1.29, 1.82) is 0 Å². The molecule has 8 heteroatoms. The van der Waals surface area contributed by atoms with Crippen molar-refractivity contribution in [2.24, 2.45) is 0 Å². The molecule has 1 saturated heterocycles. The van der Waals surface area contributed by atoms with Crippen LogP contribution in [-0.4, -0.2) is 69.5 Å². The molecule has 106 valence electrons. The maximum Gasteiger partial charge on any atom is 0.306 e. The Morgan fingerprint density at radius 2 is 2.22 bits per heavy atom. The third-order valence-electron chi connectivity index (χ3n) is 2.86. The first-order valence-electron chi connectivity index (χ1n) is 5.77. The standard InChI is InChI=1S/C10H20N2O5S/c1-9-8-17-7-6-12(9)18(14,15)11(2)5-4-10(13)16-3/h9H,4-8H2,1-3H3/t9-/m1/s1. The number of carbonyl (C=O) groups is 1. The van der Waals surface area contributed by atoms with E-state index >= 15 is 0 Å². The van der Waals surface area contributed by atoms with E-state index in [2.05, 4.69) is 4.74 Å². The summed E-state index contributed by atoms with van der Waals surface area (Å²) in [5.74, 6) is -0.424. The molecule has 18 heavy (non-hydrogen) atoms. The zero-order valence-electron chi connectivity index (χ0n) is 11.0. The third-order valence-corrected chi connectivity index (χ3v) is 4.96. The maximum absolute atomic E-state index is 12.2. The highest BCUT2D eigenvalue weighted by molar-refractivity contribution is 7.86. The summed E-state index contributed by atoms with van der Waals surface area (Å²) in [4.78, 5) is 11.0. The molecule has 0 radical (unpaired) electrons. The summed E-state index contributed by atoms with van der Waals surface area (Å²) in [6.07, 6.45) is 0.0466. The third kappa shape index (κ3) is 3.64. The van der Waals surface area contributed by atoms with Crippen molar-refractivity contribution in [3.05, 3.63) is 0 Å². The predicted octanol–water partition coefficient (Wildman–Crippen LogP) is -0.553. The zero-order valence-corrected chi connectivity index (χ0v) is 11.8. The first-order chi connectivity index (χ1) is 8.39. The number of morpholine rings is 1. The molecule has 1 fully saturated rings. The van der Waals surface area contributed by atoms with E-state index in [0.717, 1.165) is 0 Å². The molecule has 0 bridgehead atoms. The number of nitrogens with zero attached hydrogens (tertiary/aromatic N) is 2. The van der Waals surface area contributed by atoms with Crippen LogP contribution in [0.15, 0.2) is 0 Å². The van der Waals surface area contributed by atoms with Gasteiger partial charge in [0.05, 0.1) is 26.7 Å². The minimum Gasteiger partial charge on any atom is -0.469 e. The van der Waals surface area contributed by atoms with Gasteiger partial charge in [0.15, 0.2) is 0 Å². The number of esters is 1. The van der Waals surface area contributed by atoms with Crippen LogP contribution in [0.4, 0.5) is 0 Å². The van der Waals surface area contributed by atoms with Crippen molar-refractivity contribution in [1.82, 2.24) is 8.61 Å². The summed E-state index contributed by atoms with van der Waals surface area (Å²) in [5, 5.41) is 0. The molecule has 0 aromatic carbocycles. The van der Waals surface area contributed by atoms with Crippen LogP contribution >= 0.6 is 0 Å². The fraction of sp³-hybridized carbons (Fsp3) is 0.900. The topological polar surface area (TPSA) is 76.2 Å². The van der Waals surface area contributed by atoms with E-state index in [1.807, 2.05) is 0 Å². The first kappa shape index (κ1) is 15.4. The summed E-state index contributed by atoms with van der Waals surface area (Å²) < 4.78 is 36.7. The van der Waals surface area contributed by atoms with Gasteiger partial charge in [-0.1, -0.05) is 0 Å². The normalized spacial score (nSPS) is 22.1. The Morgan fingerprint density at radius 1 is 1.56 bits per heavy atom. The second-order valence-electron chi connectivity index (χ2n) is 4.19. The highest BCUT2D eigenvalue weighted by Gasteiger charge is 2.33. The quantitative estimate of drug-likeness (QED) is 0.631. The van der Waals surface area contributed by atoms with Crippen molar-refractivity contribution in [2.45, 2.75) is 19.4 Å². The van der Waals surface area contributed by atoms with Gasteiger partial charge in [-0.2, -0.15) is 17.0 Å². The largest absolute Gasteiger partial charge is 0.469 e. The van der Waals surface area contributed by atoms with Gasteiger partial charge < -0.3 is 9.47 Å². The smallest absolute Gasteiger partial charge is 0.306 e. The van der Waals surface area contributed by atoms with Gasteiger partial charge in [0.25, 0.3) is 10.2 Å². The number of methoxy groups -OCH3 is 1. The molecule has 0 N–H and O–H groups in total. The molecule has 7 nitrogen and oxygen atoms in total. The lowest BCUT2D eigenvalue weighted by Gasteiger charge is -2.34. The van der Waals surface area contributed by atoms with Crippen LogP contribution in [0, 0.1) is 0 Å². The highest BCUT2D eigenvalue weighted by atomic mass is 32.2. The molecule has 0 amide bonds. The minimum absolute atomic E-state index is 0.0466. The molecule has 0 aromatic rings. The van der Waals surface area contributed by atoms with Crippen LogP contribution in [0.5, 0.6) is 0 Å². The SMILES string of the molecule is COC(=O)CCN(C)S(=O)(=O)N1CCOC[C@H]1C. The van der Waals surface area contributed by atoms with E-state index in [9.17, 15) is 13.2 Å². The van der Waals surface area contributed by atoms with Crippen LogP contribution in [0.1, 0.15) is 13.3 Å². The van der Waals surface area contributed by atoms with Crippen LogP contribution in [-0.2, 0) is 24.5 Å². The van der Waals surface area contributed by atoms with Gasteiger partial charge in [-0.3, -0.25) is 4.79 Å². The van der Waals surface area contributed by atoms with E-state index in [1.165, 1.54) is 22.8 Å². The fourth-order valence-electron chi connectivity index (χ4n) is 1.70. The molecule has 0 spiro atoms. The van der Waals surface area contributed by atoms with Gasteiger partial charge in [0.1, 0.15) is 0 Å². The van der Waals surface area contributed by atoms with Crippen LogP contribution in [0.25, 0.3) is 0 Å². The summed E-state index contributed by atoms with van der Waals surface area (Å²) in [7, 11) is -0.799. The van der Waals surface area contributed by atoms with Crippen LogP contribution < -0.4 is 0 Å². The average Bonchev–Trinajstić information content (AvgIpc) is 2.35. The molecule has 1 rings (SSSR count). The molecule has 0 unspecified atom stereocenters. The van der Waals surface area contributed by atoms with Gasteiger partial charge >= 0.3 is 5.97 Å². The van der Waals surface area contributed by atoms with Crippen molar-refractivity contribution in [3.63, 3.8) is 0 Å². The van der Waals surface area contributed by atoms with Crippen LogP contribution in [0.2, 0.25) is 0 Å².